The number of nitrogens with two attached hydrogens (primary N) is 1. The Labute approximate surface area is 324 Å². The standard InChI is InChI=1S/C42H46ClN5O7/c1-54-38-22-35(33(43)21-27(38)23-45-24-37(50)31-16-18-36(49)41-32(31)17-19-40(52)48-41)46-39(51)9-5-6-25-10-15-30(26-7-3-2-4-8-26)34(20-25)47-42(53)55-29-13-11-28(44)12-14-29/h2-4,7-8,10,15-22,28-29,37,45,49-50H,5-6,9,11-14,23-24,44H2,1H3,(H,46,51)(H,47,53)(H,48,52)/t28?,29?,37-/m0/s1. The van der Waals surface area contributed by atoms with E-state index in [4.69, 9.17) is 26.8 Å². The number of aliphatic hydroxyl groups excluding tert-OH is 1. The van der Waals surface area contributed by atoms with Gasteiger partial charge in [0.15, 0.2) is 0 Å². The first-order valence-electron chi connectivity index (χ1n) is 18.4. The molecule has 4 aromatic carbocycles. The largest absolute Gasteiger partial charge is 0.506 e. The minimum Gasteiger partial charge on any atom is -0.506 e. The third-order valence-corrected chi connectivity index (χ3v) is 10.1. The number of fused-ring (bicyclic) bond motifs is 1. The summed E-state index contributed by atoms with van der Waals surface area (Å²) >= 11 is 6.60. The Kier molecular flexibility index (Phi) is 13.1. The summed E-state index contributed by atoms with van der Waals surface area (Å²) in [5.41, 5.74) is 11.0. The van der Waals surface area contributed by atoms with Crippen LogP contribution in [0.25, 0.3) is 22.0 Å². The van der Waals surface area contributed by atoms with E-state index in [1.54, 1.807) is 24.3 Å². The molecule has 2 amide bonds. The summed E-state index contributed by atoms with van der Waals surface area (Å²) in [6.07, 6.45) is 2.94. The van der Waals surface area contributed by atoms with Crippen LogP contribution in [0.5, 0.6) is 11.5 Å². The highest BCUT2D eigenvalue weighted by Crippen LogP contribution is 2.33. The molecule has 6 rings (SSSR count). The number of H-pyrrole nitrogens is 1. The quantitative estimate of drug-likeness (QED) is 0.0615. The zero-order valence-electron chi connectivity index (χ0n) is 30.6. The van der Waals surface area contributed by atoms with Gasteiger partial charge in [-0.25, -0.2) is 4.79 Å². The number of aliphatic hydroxyl groups is 1. The number of ether oxygens (including phenoxy) is 2. The molecular weight excluding hydrogens is 722 g/mol. The molecule has 0 saturated heterocycles. The maximum atomic E-state index is 13.0. The highest BCUT2D eigenvalue weighted by atomic mass is 35.5. The average Bonchev–Trinajstić information content (AvgIpc) is 3.17. The van der Waals surface area contributed by atoms with Crippen molar-refractivity contribution in [2.45, 2.75) is 69.7 Å². The number of aromatic nitrogens is 1. The predicted octanol–water partition coefficient (Wildman–Crippen LogP) is 7.17. The number of rotatable bonds is 14. The van der Waals surface area contributed by atoms with Crippen molar-refractivity contribution in [2.75, 3.05) is 24.3 Å². The molecule has 0 spiro atoms. The molecule has 13 heteroatoms. The SMILES string of the molecule is COc1cc(NC(=O)CCCc2ccc(-c3ccccc3)c(NC(=O)OC3CCC(N)CC3)c2)c(Cl)cc1CNC[C@H](O)c1ccc(O)c2[nH]c(=O)ccc12. The van der Waals surface area contributed by atoms with Crippen molar-refractivity contribution in [3.8, 4) is 22.6 Å². The number of amides is 2. The molecule has 1 saturated carbocycles. The Balaban J connectivity index is 1.03. The van der Waals surface area contributed by atoms with Crippen molar-refractivity contribution >= 4 is 45.9 Å². The number of aryl methyl sites for hydroxylation is 1. The van der Waals surface area contributed by atoms with Crippen molar-refractivity contribution in [3.05, 3.63) is 117 Å². The number of hydrogen-bond donors (Lipinski definition) is 7. The summed E-state index contributed by atoms with van der Waals surface area (Å²) in [7, 11) is 1.52. The molecule has 0 unspecified atom stereocenters. The zero-order chi connectivity index (χ0) is 38.9. The maximum Gasteiger partial charge on any atom is 0.411 e. The second-order valence-electron chi connectivity index (χ2n) is 13.8. The molecule has 1 aliphatic rings. The lowest BCUT2D eigenvalue weighted by Gasteiger charge is -2.26. The first-order valence-corrected chi connectivity index (χ1v) is 18.8. The number of hydrogen-bond acceptors (Lipinski definition) is 9. The van der Waals surface area contributed by atoms with Gasteiger partial charge in [-0.1, -0.05) is 60.1 Å². The van der Waals surface area contributed by atoms with Crippen molar-refractivity contribution in [1.82, 2.24) is 10.3 Å². The number of aromatic hydroxyl groups is 1. The number of phenolic OH excluding ortho intramolecular Hbond substituents is 1. The van der Waals surface area contributed by atoms with Gasteiger partial charge in [0.25, 0.3) is 0 Å². The number of pyridine rings is 1. The number of anilines is 2. The summed E-state index contributed by atoms with van der Waals surface area (Å²) in [6.45, 7) is 0.457. The number of carbonyl (C=O) groups is 2. The van der Waals surface area contributed by atoms with E-state index in [-0.39, 0.29) is 47.8 Å². The zero-order valence-corrected chi connectivity index (χ0v) is 31.3. The second-order valence-corrected chi connectivity index (χ2v) is 14.2. The van der Waals surface area contributed by atoms with Crippen LogP contribution in [-0.2, 0) is 22.5 Å². The van der Waals surface area contributed by atoms with Crippen molar-refractivity contribution in [2.24, 2.45) is 5.73 Å². The van der Waals surface area contributed by atoms with Crippen LogP contribution < -0.4 is 32.0 Å². The molecule has 8 N–H and O–H groups in total. The van der Waals surface area contributed by atoms with Crippen LogP contribution in [0.2, 0.25) is 5.02 Å². The molecule has 55 heavy (non-hydrogen) atoms. The molecule has 1 aliphatic carbocycles. The molecular formula is C42H46ClN5O7. The molecule has 0 aliphatic heterocycles. The minimum atomic E-state index is -0.943. The van der Waals surface area contributed by atoms with Crippen LogP contribution in [0.1, 0.15) is 61.3 Å². The first kappa shape index (κ1) is 39.3. The van der Waals surface area contributed by atoms with E-state index in [2.05, 4.69) is 20.9 Å². The number of carbonyl (C=O) groups excluding carboxylic acids is 2. The van der Waals surface area contributed by atoms with E-state index in [1.165, 1.54) is 19.2 Å². The number of aromatic amines is 1. The number of benzene rings is 4. The minimum absolute atomic E-state index is 0.0831. The number of halogens is 1. The van der Waals surface area contributed by atoms with Gasteiger partial charge < -0.3 is 41.0 Å². The number of phenols is 1. The Morgan fingerprint density at radius 1 is 0.964 bits per heavy atom. The molecule has 12 nitrogen and oxygen atoms in total. The monoisotopic (exact) mass is 767 g/mol. The lowest BCUT2D eigenvalue weighted by molar-refractivity contribution is -0.116. The van der Waals surface area contributed by atoms with Crippen molar-refractivity contribution in [1.29, 1.82) is 0 Å². The topological polar surface area (TPSA) is 188 Å². The number of methoxy groups -OCH3 is 1. The number of nitrogens with one attached hydrogen (secondary N) is 4. The van der Waals surface area contributed by atoms with E-state index in [0.29, 0.717) is 58.0 Å². The fraction of sp³-hybridized carbons (Fsp3) is 0.310. The fourth-order valence-corrected chi connectivity index (χ4v) is 7.14. The second kappa shape index (κ2) is 18.3. The van der Waals surface area contributed by atoms with Gasteiger partial charge in [0.05, 0.1) is 35.1 Å². The van der Waals surface area contributed by atoms with Gasteiger partial charge >= 0.3 is 6.09 Å². The van der Waals surface area contributed by atoms with E-state index in [0.717, 1.165) is 42.4 Å². The summed E-state index contributed by atoms with van der Waals surface area (Å²) in [5.74, 6) is 0.203. The van der Waals surface area contributed by atoms with Crippen LogP contribution in [-0.4, -0.2) is 53.0 Å². The summed E-state index contributed by atoms with van der Waals surface area (Å²) < 4.78 is 11.3. The fourth-order valence-electron chi connectivity index (χ4n) is 6.90. The van der Waals surface area contributed by atoms with Crippen LogP contribution in [0.3, 0.4) is 0 Å². The van der Waals surface area contributed by atoms with Crippen LogP contribution in [0, 0.1) is 0 Å². The highest BCUT2D eigenvalue weighted by Gasteiger charge is 2.23. The van der Waals surface area contributed by atoms with Gasteiger partial charge in [-0.15, -0.1) is 0 Å². The van der Waals surface area contributed by atoms with Crippen molar-refractivity contribution in [3.63, 3.8) is 0 Å². The van der Waals surface area contributed by atoms with Crippen LogP contribution in [0.15, 0.2) is 89.7 Å². The van der Waals surface area contributed by atoms with E-state index >= 15 is 0 Å². The Bertz CT molecular complexity index is 2190. The first-order chi connectivity index (χ1) is 26.6. The van der Waals surface area contributed by atoms with Crippen molar-refractivity contribution < 1.29 is 29.3 Å². The Morgan fingerprint density at radius 2 is 1.75 bits per heavy atom. The van der Waals surface area contributed by atoms with E-state index in [9.17, 15) is 24.6 Å². The highest BCUT2D eigenvalue weighted by molar-refractivity contribution is 6.33. The van der Waals surface area contributed by atoms with E-state index in [1.807, 2.05) is 48.5 Å². The molecule has 1 heterocycles. The van der Waals surface area contributed by atoms with Crippen LogP contribution in [0.4, 0.5) is 16.2 Å². The third kappa shape index (κ3) is 10.2. The average molecular weight is 768 g/mol. The van der Waals surface area contributed by atoms with Gasteiger partial charge in [0.1, 0.15) is 17.6 Å². The molecule has 288 valence electrons. The van der Waals surface area contributed by atoms with E-state index < -0.39 is 12.2 Å². The van der Waals surface area contributed by atoms with Gasteiger partial charge in [0.2, 0.25) is 11.5 Å². The molecule has 0 radical (unpaired) electrons. The van der Waals surface area contributed by atoms with Gasteiger partial charge in [-0.3, -0.25) is 14.9 Å². The maximum absolute atomic E-state index is 13.0. The summed E-state index contributed by atoms with van der Waals surface area (Å²) in [5, 5.41) is 31.0. The smallest absolute Gasteiger partial charge is 0.411 e. The molecule has 1 aromatic heterocycles. The lowest BCUT2D eigenvalue weighted by atomic mass is 9.94. The Morgan fingerprint density at radius 3 is 2.51 bits per heavy atom. The molecule has 1 atom stereocenters. The normalized spacial score (nSPS) is 16.0. The molecule has 1 fully saturated rings. The lowest BCUT2D eigenvalue weighted by Crippen LogP contribution is -2.32. The van der Waals surface area contributed by atoms with Gasteiger partial charge in [0, 0.05) is 54.2 Å². The van der Waals surface area contributed by atoms with Gasteiger partial charge in [-0.05, 0) is 79.5 Å². The Hall–Kier alpha value is -5.40. The molecule has 0 bridgehead atoms. The van der Waals surface area contributed by atoms with Crippen LogP contribution >= 0.6 is 11.6 Å². The third-order valence-electron chi connectivity index (χ3n) is 9.83. The van der Waals surface area contributed by atoms with Gasteiger partial charge in [-0.2, -0.15) is 0 Å². The summed E-state index contributed by atoms with van der Waals surface area (Å²) in [6, 6.07) is 25.2. The predicted molar refractivity (Wildman–Crippen MR) is 215 cm³/mol. The summed E-state index contributed by atoms with van der Waals surface area (Å²) in [4.78, 5) is 40.3. The molecule has 5 aromatic rings.